The van der Waals surface area contributed by atoms with Crippen LogP contribution in [-0.2, 0) is 6.42 Å². The first-order valence-corrected chi connectivity index (χ1v) is 7.16. The number of hydrogen-bond donors (Lipinski definition) is 1. The molecule has 1 heterocycles. The third-order valence-electron chi connectivity index (χ3n) is 3.52. The van der Waals surface area contributed by atoms with Gasteiger partial charge in [0.05, 0.1) is 7.11 Å². The molecule has 1 aromatic heterocycles. The third kappa shape index (κ3) is 2.96. The standard InChI is InChI=1S/C18H17NO3/c1-21-15-8-4-2-6-13(15)10-11-19-18(20)17-12-14-7-3-5-9-16(14)22-17/h2-9,12H,10-11H2,1H3,(H,19,20). The maximum absolute atomic E-state index is 12.1. The molecule has 3 rings (SSSR count). The van der Waals surface area contributed by atoms with Gasteiger partial charge in [-0.15, -0.1) is 0 Å². The topological polar surface area (TPSA) is 51.5 Å². The molecule has 0 unspecified atom stereocenters. The van der Waals surface area contributed by atoms with Crippen LogP contribution in [0.1, 0.15) is 16.1 Å². The molecule has 2 aromatic carbocycles. The van der Waals surface area contributed by atoms with Crippen molar-refractivity contribution in [2.24, 2.45) is 0 Å². The lowest BCUT2D eigenvalue weighted by Crippen LogP contribution is -2.25. The number of nitrogens with one attached hydrogen (secondary N) is 1. The Kier molecular flexibility index (Phi) is 4.10. The summed E-state index contributed by atoms with van der Waals surface area (Å²) < 4.78 is 10.8. The average Bonchev–Trinajstić information content (AvgIpc) is 2.99. The molecule has 4 heteroatoms. The van der Waals surface area contributed by atoms with E-state index in [1.54, 1.807) is 13.2 Å². The van der Waals surface area contributed by atoms with Crippen molar-refractivity contribution in [1.82, 2.24) is 5.32 Å². The van der Waals surface area contributed by atoms with Gasteiger partial charge >= 0.3 is 0 Å². The van der Waals surface area contributed by atoms with Crippen molar-refractivity contribution in [3.8, 4) is 5.75 Å². The number of amides is 1. The van der Waals surface area contributed by atoms with Crippen molar-refractivity contribution in [3.05, 3.63) is 65.9 Å². The Hall–Kier alpha value is -2.75. The number of benzene rings is 2. The van der Waals surface area contributed by atoms with Crippen LogP contribution in [-0.4, -0.2) is 19.6 Å². The summed E-state index contributed by atoms with van der Waals surface area (Å²) in [7, 11) is 1.64. The van der Waals surface area contributed by atoms with E-state index in [2.05, 4.69) is 5.32 Å². The molecule has 0 saturated heterocycles. The number of carbonyl (C=O) groups excluding carboxylic acids is 1. The fourth-order valence-electron chi connectivity index (χ4n) is 2.40. The van der Waals surface area contributed by atoms with Gasteiger partial charge in [-0.2, -0.15) is 0 Å². The number of carbonyl (C=O) groups is 1. The molecule has 0 bridgehead atoms. The van der Waals surface area contributed by atoms with E-state index >= 15 is 0 Å². The van der Waals surface area contributed by atoms with Crippen LogP contribution in [0.2, 0.25) is 0 Å². The maximum Gasteiger partial charge on any atom is 0.287 e. The quantitative estimate of drug-likeness (QED) is 0.784. The van der Waals surface area contributed by atoms with Gasteiger partial charge in [0, 0.05) is 11.9 Å². The molecule has 0 atom stereocenters. The number of furan rings is 1. The second-order valence-corrected chi connectivity index (χ2v) is 4.97. The highest BCUT2D eigenvalue weighted by Gasteiger charge is 2.11. The van der Waals surface area contributed by atoms with Gasteiger partial charge in [0.2, 0.25) is 0 Å². The number of para-hydroxylation sites is 2. The molecular formula is C18H17NO3. The van der Waals surface area contributed by atoms with Gasteiger partial charge in [0.25, 0.3) is 5.91 Å². The van der Waals surface area contributed by atoms with Crippen molar-refractivity contribution in [2.45, 2.75) is 6.42 Å². The van der Waals surface area contributed by atoms with Crippen molar-refractivity contribution >= 4 is 16.9 Å². The minimum atomic E-state index is -0.203. The predicted molar refractivity (Wildman–Crippen MR) is 85.2 cm³/mol. The van der Waals surface area contributed by atoms with Gasteiger partial charge in [-0.05, 0) is 30.2 Å². The van der Waals surface area contributed by atoms with E-state index < -0.39 is 0 Å². The molecule has 0 aliphatic carbocycles. The molecule has 0 aliphatic rings. The van der Waals surface area contributed by atoms with Crippen LogP contribution in [0.3, 0.4) is 0 Å². The van der Waals surface area contributed by atoms with Crippen LogP contribution in [0.25, 0.3) is 11.0 Å². The van der Waals surface area contributed by atoms with Crippen molar-refractivity contribution < 1.29 is 13.9 Å². The highest BCUT2D eigenvalue weighted by Crippen LogP contribution is 2.19. The SMILES string of the molecule is COc1ccccc1CCNC(=O)c1cc2ccccc2o1. The first kappa shape index (κ1) is 14.2. The molecule has 0 saturated carbocycles. The minimum Gasteiger partial charge on any atom is -0.496 e. The monoisotopic (exact) mass is 295 g/mol. The fourth-order valence-corrected chi connectivity index (χ4v) is 2.40. The second kappa shape index (κ2) is 6.35. The molecule has 1 amide bonds. The van der Waals surface area contributed by atoms with E-state index in [9.17, 15) is 4.79 Å². The summed E-state index contributed by atoms with van der Waals surface area (Å²) in [6.45, 7) is 0.524. The average molecular weight is 295 g/mol. The van der Waals surface area contributed by atoms with Crippen LogP contribution in [0.15, 0.2) is 59.0 Å². The first-order valence-electron chi connectivity index (χ1n) is 7.16. The molecule has 4 nitrogen and oxygen atoms in total. The van der Waals surface area contributed by atoms with E-state index in [1.807, 2.05) is 48.5 Å². The Balaban J connectivity index is 1.62. The molecule has 1 N–H and O–H groups in total. The summed E-state index contributed by atoms with van der Waals surface area (Å²) in [6.07, 6.45) is 0.704. The Morgan fingerprint density at radius 2 is 1.91 bits per heavy atom. The van der Waals surface area contributed by atoms with Crippen molar-refractivity contribution in [1.29, 1.82) is 0 Å². The van der Waals surface area contributed by atoms with E-state index in [0.717, 1.165) is 22.3 Å². The van der Waals surface area contributed by atoms with E-state index in [1.165, 1.54) is 0 Å². The van der Waals surface area contributed by atoms with Crippen LogP contribution in [0.5, 0.6) is 5.75 Å². The van der Waals surface area contributed by atoms with Crippen molar-refractivity contribution in [3.63, 3.8) is 0 Å². The zero-order chi connectivity index (χ0) is 15.4. The molecule has 112 valence electrons. The summed E-state index contributed by atoms with van der Waals surface area (Å²) in [6, 6.07) is 17.1. The lowest BCUT2D eigenvalue weighted by atomic mass is 10.1. The Bertz CT molecular complexity index is 759. The second-order valence-electron chi connectivity index (χ2n) is 4.97. The molecule has 0 spiro atoms. The number of rotatable bonds is 5. The largest absolute Gasteiger partial charge is 0.496 e. The summed E-state index contributed by atoms with van der Waals surface area (Å²) >= 11 is 0. The smallest absolute Gasteiger partial charge is 0.287 e. The lowest BCUT2D eigenvalue weighted by molar-refractivity contribution is 0.0928. The molecule has 0 aliphatic heterocycles. The number of ether oxygens (including phenoxy) is 1. The van der Waals surface area contributed by atoms with Gasteiger partial charge < -0.3 is 14.5 Å². The molecule has 3 aromatic rings. The number of fused-ring (bicyclic) bond motifs is 1. The highest BCUT2D eigenvalue weighted by atomic mass is 16.5. The molecule has 0 radical (unpaired) electrons. The molecular weight excluding hydrogens is 278 g/mol. The van der Waals surface area contributed by atoms with Crippen molar-refractivity contribution in [2.75, 3.05) is 13.7 Å². The van der Waals surface area contributed by atoms with Gasteiger partial charge in [-0.25, -0.2) is 0 Å². The number of hydrogen-bond acceptors (Lipinski definition) is 3. The zero-order valence-electron chi connectivity index (χ0n) is 12.3. The van der Waals surface area contributed by atoms with E-state index in [4.69, 9.17) is 9.15 Å². The van der Waals surface area contributed by atoms with Crippen LogP contribution in [0.4, 0.5) is 0 Å². The minimum absolute atomic E-state index is 0.203. The Labute approximate surface area is 128 Å². The van der Waals surface area contributed by atoms with Gasteiger partial charge in [-0.3, -0.25) is 4.79 Å². The van der Waals surface area contributed by atoms with Crippen LogP contribution in [0, 0.1) is 0 Å². The fraction of sp³-hybridized carbons (Fsp3) is 0.167. The molecule has 22 heavy (non-hydrogen) atoms. The number of methoxy groups -OCH3 is 1. The summed E-state index contributed by atoms with van der Waals surface area (Å²) in [5.41, 5.74) is 1.78. The van der Waals surface area contributed by atoms with Crippen LogP contribution >= 0.6 is 0 Å². The molecule has 0 fully saturated rings. The maximum atomic E-state index is 12.1. The predicted octanol–water partition coefficient (Wildman–Crippen LogP) is 3.41. The van der Waals surface area contributed by atoms with Gasteiger partial charge in [-0.1, -0.05) is 36.4 Å². The van der Waals surface area contributed by atoms with E-state index in [-0.39, 0.29) is 5.91 Å². The Morgan fingerprint density at radius 1 is 1.14 bits per heavy atom. The van der Waals surface area contributed by atoms with E-state index in [0.29, 0.717) is 18.7 Å². The van der Waals surface area contributed by atoms with Gasteiger partial charge in [0.15, 0.2) is 5.76 Å². The third-order valence-corrected chi connectivity index (χ3v) is 3.52. The summed E-state index contributed by atoms with van der Waals surface area (Å²) in [5, 5.41) is 3.80. The first-order chi connectivity index (χ1) is 10.8. The normalized spacial score (nSPS) is 10.6. The highest BCUT2D eigenvalue weighted by molar-refractivity contribution is 5.96. The lowest BCUT2D eigenvalue weighted by Gasteiger charge is -2.08. The summed E-state index contributed by atoms with van der Waals surface area (Å²) in [4.78, 5) is 12.1. The Morgan fingerprint density at radius 3 is 2.73 bits per heavy atom. The summed E-state index contributed by atoms with van der Waals surface area (Å²) in [5.74, 6) is 0.966. The van der Waals surface area contributed by atoms with Crippen LogP contribution < -0.4 is 10.1 Å². The van der Waals surface area contributed by atoms with Gasteiger partial charge in [0.1, 0.15) is 11.3 Å². The zero-order valence-corrected chi connectivity index (χ0v) is 12.3.